The highest BCUT2D eigenvalue weighted by molar-refractivity contribution is 7.89. The Kier molecular flexibility index (Phi) is 7.64. The summed E-state index contributed by atoms with van der Waals surface area (Å²) in [4.78, 5) is 0.0227. The van der Waals surface area contributed by atoms with Crippen LogP contribution in [0.5, 0.6) is 0 Å². The molecule has 3 rings (SSSR count). The molecule has 10 heteroatoms. The van der Waals surface area contributed by atoms with Crippen LogP contribution in [0.3, 0.4) is 0 Å². The summed E-state index contributed by atoms with van der Waals surface area (Å²) < 4.78 is 35.8. The van der Waals surface area contributed by atoms with Gasteiger partial charge in [-0.25, -0.2) is 13.1 Å². The van der Waals surface area contributed by atoms with Gasteiger partial charge in [0, 0.05) is 12.7 Å². The Hall–Kier alpha value is -1.52. The molecule has 1 fully saturated rings. The van der Waals surface area contributed by atoms with Crippen molar-refractivity contribution in [2.24, 2.45) is 0 Å². The van der Waals surface area contributed by atoms with Crippen molar-refractivity contribution in [3.63, 3.8) is 0 Å². The zero-order valence-corrected chi connectivity index (χ0v) is 17.9. The number of nitrogens with zero attached hydrogens (tertiary/aromatic N) is 3. The van der Waals surface area contributed by atoms with Gasteiger partial charge in [-0.2, -0.15) is 0 Å². The predicted octanol–water partition coefficient (Wildman–Crippen LogP) is 2.16. The summed E-state index contributed by atoms with van der Waals surface area (Å²) >= 11 is 6.03. The lowest BCUT2D eigenvalue weighted by Crippen LogP contribution is -2.51. The molecule has 1 aliphatic heterocycles. The first-order chi connectivity index (χ1) is 13.9. The fourth-order valence-electron chi connectivity index (χ4n) is 3.50. The first-order valence-electron chi connectivity index (χ1n) is 9.85. The molecule has 1 aliphatic rings. The van der Waals surface area contributed by atoms with E-state index in [9.17, 15) is 13.5 Å². The predicted molar refractivity (Wildman–Crippen MR) is 109 cm³/mol. The van der Waals surface area contributed by atoms with Gasteiger partial charge in [-0.1, -0.05) is 42.3 Å². The number of hydrogen-bond acceptors (Lipinski definition) is 6. The Labute approximate surface area is 176 Å². The van der Waals surface area contributed by atoms with E-state index in [1.54, 1.807) is 16.8 Å². The summed E-state index contributed by atoms with van der Waals surface area (Å²) in [7, 11) is -3.80. The molecule has 0 amide bonds. The minimum atomic E-state index is -3.80. The number of sulfonamides is 1. The van der Waals surface area contributed by atoms with Crippen LogP contribution in [-0.2, 0) is 27.7 Å². The first kappa shape index (κ1) is 22.2. The van der Waals surface area contributed by atoms with Crippen LogP contribution < -0.4 is 4.72 Å². The van der Waals surface area contributed by atoms with Crippen LogP contribution in [0.15, 0.2) is 35.4 Å². The van der Waals surface area contributed by atoms with Crippen LogP contribution in [0.2, 0.25) is 5.02 Å². The third-order valence-electron chi connectivity index (χ3n) is 5.00. The van der Waals surface area contributed by atoms with Gasteiger partial charge in [-0.05, 0) is 37.8 Å². The topological polar surface area (TPSA) is 106 Å². The van der Waals surface area contributed by atoms with E-state index in [1.807, 2.05) is 6.20 Å². The molecule has 3 atom stereocenters. The van der Waals surface area contributed by atoms with Crippen molar-refractivity contribution in [1.82, 2.24) is 19.7 Å². The number of aliphatic hydroxyl groups is 1. The fraction of sp³-hybridized carbons (Fsp3) is 0.579. The van der Waals surface area contributed by atoms with Crippen molar-refractivity contribution in [3.05, 3.63) is 41.2 Å². The maximum Gasteiger partial charge on any atom is 0.242 e. The van der Waals surface area contributed by atoms with Crippen molar-refractivity contribution in [3.8, 4) is 0 Å². The van der Waals surface area contributed by atoms with E-state index in [0.717, 1.165) is 25.0 Å². The average Bonchev–Trinajstić information content (AvgIpc) is 3.15. The Balaban J connectivity index is 1.57. The largest absolute Gasteiger partial charge is 0.394 e. The molecule has 29 heavy (non-hydrogen) atoms. The second-order valence-electron chi connectivity index (χ2n) is 7.23. The number of halogens is 1. The van der Waals surface area contributed by atoms with Crippen molar-refractivity contribution in [2.45, 2.75) is 68.7 Å². The van der Waals surface area contributed by atoms with Gasteiger partial charge in [-0.15, -0.1) is 5.10 Å². The minimum Gasteiger partial charge on any atom is -0.394 e. The molecular weight excluding hydrogens is 416 g/mol. The lowest BCUT2D eigenvalue weighted by molar-refractivity contribution is -0.0891. The zero-order valence-electron chi connectivity index (χ0n) is 16.4. The van der Waals surface area contributed by atoms with Crippen LogP contribution in [0.4, 0.5) is 0 Å². The van der Waals surface area contributed by atoms with Gasteiger partial charge in [0.15, 0.2) is 0 Å². The third kappa shape index (κ3) is 5.76. The summed E-state index contributed by atoms with van der Waals surface area (Å²) in [6.45, 7) is 2.49. The molecule has 0 radical (unpaired) electrons. The maximum atomic E-state index is 12.7. The maximum absolute atomic E-state index is 12.7. The Morgan fingerprint density at radius 3 is 2.86 bits per heavy atom. The first-order valence-corrected chi connectivity index (χ1v) is 11.7. The number of ether oxygens (including phenoxy) is 1. The second kappa shape index (κ2) is 9.99. The highest BCUT2D eigenvalue weighted by atomic mass is 35.5. The normalized spacial score (nSPS) is 22.7. The highest BCUT2D eigenvalue weighted by Crippen LogP contribution is 2.26. The lowest BCUT2D eigenvalue weighted by Gasteiger charge is -2.36. The zero-order chi connectivity index (χ0) is 20.9. The third-order valence-corrected chi connectivity index (χ3v) is 6.99. The number of aromatic nitrogens is 3. The van der Waals surface area contributed by atoms with Crippen molar-refractivity contribution >= 4 is 21.6 Å². The summed E-state index contributed by atoms with van der Waals surface area (Å²) in [5.41, 5.74) is 0.972. The summed E-state index contributed by atoms with van der Waals surface area (Å²) in [6.07, 6.45) is 5.14. The smallest absolute Gasteiger partial charge is 0.242 e. The number of aryl methyl sites for hydroxylation is 2. The van der Waals surface area contributed by atoms with Crippen molar-refractivity contribution < 1.29 is 18.3 Å². The summed E-state index contributed by atoms with van der Waals surface area (Å²) in [5, 5.41) is 18.1. The van der Waals surface area contributed by atoms with Gasteiger partial charge in [0.05, 0.1) is 35.6 Å². The standard InChI is InChI=1S/C19H27ClN4O4S/c1-2-5-14-12-24(23-21-14)11-10-15-8-9-17(18(13-25)28-15)22-29(26,27)19-7-4-3-6-16(19)20/h3-4,6-7,12,15,17-18,22,25H,2,5,8-11,13H2,1H3/t15-,17+,18-/m0/s1. The number of aliphatic hydroxyl groups excluding tert-OH is 1. The van der Waals surface area contributed by atoms with Gasteiger partial charge < -0.3 is 9.84 Å². The minimum absolute atomic E-state index is 0.0227. The van der Waals surface area contributed by atoms with E-state index in [2.05, 4.69) is 22.0 Å². The molecule has 1 saturated heterocycles. The van der Waals surface area contributed by atoms with Gasteiger partial charge >= 0.3 is 0 Å². The quantitative estimate of drug-likeness (QED) is 0.616. The summed E-state index contributed by atoms with van der Waals surface area (Å²) in [5.74, 6) is 0. The van der Waals surface area contributed by atoms with E-state index in [-0.39, 0.29) is 22.6 Å². The molecule has 160 valence electrons. The van der Waals surface area contributed by atoms with Gasteiger partial charge in [-0.3, -0.25) is 4.68 Å². The SMILES string of the molecule is CCCc1cn(CC[C@@H]2CC[C@@H](NS(=O)(=O)c3ccccc3Cl)[C@H](CO)O2)nn1. The molecule has 0 bridgehead atoms. The van der Waals surface area contributed by atoms with Crippen LogP contribution in [0.1, 0.15) is 38.3 Å². The molecule has 0 spiro atoms. The number of hydrogen-bond donors (Lipinski definition) is 2. The number of nitrogens with one attached hydrogen (secondary N) is 1. The molecular formula is C19H27ClN4O4S. The van der Waals surface area contributed by atoms with E-state index < -0.39 is 22.2 Å². The fourth-order valence-corrected chi connectivity index (χ4v) is 5.32. The van der Waals surface area contributed by atoms with Crippen LogP contribution in [-0.4, -0.2) is 53.4 Å². The molecule has 2 N–H and O–H groups in total. The van der Waals surface area contributed by atoms with Crippen LogP contribution in [0, 0.1) is 0 Å². The molecule has 0 saturated carbocycles. The van der Waals surface area contributed by atoms with Gasteiger partial charge in [0.2, 0.25) is 10.0 Å². The molecule has 2 heterocycles. The van der Waals surface area contributed by atoms with Crippen molar-refractivity contribution in [1.29, 1.82) is 0 Å². The van der Waals surface area contributed by atoms with Crippen LogP contribution in [0.25, 0.3) is 0 Å². The van der Waals surface area contributed by atoms with E-state index in [1.165, 1.54) is 12.1 Å². The molecule has 1 aromatic carbocycles. The Bertz CT molecular complexity index is 905. The van der Waals surface area contributed by atoms with E-state index >= 15 is 0 Å². The molecule has 2 aromatic rings. The number of benzene rings is 1. The average molecular weight is 443 g/mol. The second-order valence-corrected chi connectivity index (χ2v) is 9.32. The number of rotatable bonds is 9. The molecule has 8 nitrogen and oxygen atoms in total. The van der Waals surface area contributed by atoms with Crippen LogP contribution >= 0.6 is 11.6 Å². The monoisotopic (exact) mass is 442 g/mol. The Morgan fingerprint density at radius 2 is 2.14 bits per heavy atom. The Morgan fingerprint density at radius 1 is 1.34 bits per heavy atom. The summed E-state index contributed by atoms with van der Waals surface area (Å²) in [6, 6.07) is 5.76. The van der Waals surface area contributed by atoms with E-state index in [0.29, 0.717) is 19.4 Å². The molecule has 0 unspecified atom stereocenters. The van der Waals surface area contributed by atoms with Crippen molar-refractivity contribution in [2.75, 3.05) is 6.61 Å². The lowest BCUT2D eigenvalue weighted by atomic mass is 9.98. The highest BCUT2D eigenvalue weighted by Gasteiger charge is 2.34. The molecule has 1 aromatic heterocycles. The van der Waals surface area contributed by atoms with Gasteiger partial charge in [0.1, 0.15) is 4.90 Å². The van der Waals surface area contributed by atoms with Gasteiger partial charge in [0.25, 0.3) is 0 Å². The molecule has 0 aliphatic carbocycles. The van der Waals surface area contributed by atoms with E-state index in [4.69, 9.17) is 16.3 Å².